The van der Waals surface area contributed by atoms with Gasteiger partial charge >= 0.3 is 5.97 Å². The maximum Gasteiger partial charge on any atom is 0.312 e. The SMILES string of the molecule is O=C(C[C@H]1SC(=O)NC1=O)Oc1ccc([C@@H]2Oc3ccccc3[C@@H]3CC(c4ccccc4)=NN32)cc1. The lowest BCUT2D eigenvalue weighted by molar-refractivity contribution is -0.135. The molecule has 0 radical (unpaired) electrons. The molecular weight excluding hydrogens is 478 g/mol. The number of nitrogens with one attached hydrogen (secondary N) is 1. The molecule has 2 amide bonds. The second kappa shape index (κ2) is 9.16. The van der Waals surface area contributed by atoms with Crippen molar-refractivity contribution in [2.24, 2.45) is 5.10 Å². The van der Waals surface area contributed by atoms with Crippen molar-refractivity contribution in [2.45, 2.75) is 30.4 Å². The van der Waals surface area contributed by atoms with E-state index in [1.807, 2.05) is 53.5 Å². The largest absolute Gasteiger partial charge is 0.464 e. The molecule has 0 unspecified atom stereocenters. The summed E-state index contributed by atoms with van der Waals surface area (Å²) in [5, 5.41) is 7.91. The smallest absolute Gasteiger partial charge is 0.312 e. The van der Waals surface area contributed by atoms with Gasteiger partial charge in [0.1, 0.15) is 16.7 Å². The maximum absolute atomic E-state index is 12.3. The van der Waals surface area contributed by atoms with Gasteiger partial charge in [-0.15, -0.1) is 0 Å². The second-order valence-electron chi connectivity index (χ2n) is 8.65. The molecule has 3 aliphatic heterocycles. The molecule has 3 aromatic carbocycles. The summed E-state index contributed by atoms with van der Waals surface area (Å²) in [5.41, 5.74) is 4.05. The molecule has 0 aliphatic carbocycles. The zero-order valence-electron chi connectivity index (χ0n) is 19.0. The van der Waals surface area contributed by atoms with E-state index in [2.05, 4.69) is 23.5 Å². The number of carbonyl (C=O) groups excluding carboxylic acids is 3. The van der Waals surface area contributed by atoms with Crippen LogP contribution in [0.1, 0.15) is 41.8 Å². The van der Waals surface area contributed by atoms with Crippen LogP contribution in [0.2, 0.25) is 0 Å². The first-order valence-electron chi connectivity index (χ1n) is 11.5. The fraction of sp³-hybridized carbons (Fsp3) is 0.185. The molecule has 6 rings (SSSR count). The standard InChI is InChI=1S/C27H21N3O5S/c31-24(15-23-25(32)28-27(33)36-23)34-18-12-10-17(11-13-18)26-30-21(19-8-4-5-9-22(19)35-26)14-20(29-30)16-6-2-1-3-7-16/h1-13,21,23,26H,14-15H2,(H,28,32,33)/t21-,23+,26-/m0/s1. The van der Waals surface area contributed by atoms with Gasteiger partial charge in [0.25, 0.3) is 5.24 Å². The Balaban J connectivity index is 1.22. The van der Waals surface area contributed by atoms with Crippen molar-refractivity contribution in [3.8, 4) is 11.5 Å². The van der Waals surface area contributed by atoms with Crippen LogP contribution in [-0.4, -0.2) is 33.1 Å². The van der Waals surface area contributed by atoms with Gasteiger partial charge in [-0.3, -0.25) is 19.7 Å². The number of hydrazone groups is 1. The molecule has 36 heavy (non-hydrogen) atoms. The van der Waals surface area contributed by atoms with E-state index < -0.39 is 28.6 Å². The number of nitrogens with zero attached hydrogens (tertiary/aromatic N) is 2. The number of imide groups is 1. The van der Waals surface area contributed by atoms with Gasteiger partial charge in [0.15, 0.2) is 0 Å². The minimum absolute atomic E-state index is 0.0467. The van der Waals surface area contributed by atoms with Crippen molar-refractivity contribution in [2.75, 3.05) is 0 Å². The summed E-state index contributed by atoms with van der Waals surface area (Å²) in [6.45, 7) is 0. The third-order valence-corrected chi connectivity index (χ3v) is 7.30. The molecule has 1 N–H and O–H groups in total. The highest BCUT2D eigenvalue weighted by Crippen LogP contribution is 2.47. The molecule has 3 aliphatic rings. The Morgan fingerprint density at radius 2 is 1.78 bits per heavy atom. The Hall–Kier alpha value is -4.11. The number of hydrogen-bond acceptors (Lipinski definition) is 8. The molecule has 1 fully saturated rings. The van der Waals surface area contributed by atoms with E-state index in [0.29, 0.717) is 5.75 Å². The first-order valence-corrected chi connectivity index (χ1v) is 12.4. The van der Waals surface area contributed by atoms with Crippen molar-refractivity contribution >= 4 is 34.6 Å². The van der Waals surface area contributed by atoms with Gasteiger partial charge in [-0.25, -0.2) is 5.01 Å². The summed E-state index contributed by atoms with van der Waals surface area (Å²) >= 11 is 0.801. The third-order valence-electron chi connectivity index (χ3n) is 6.32. The van der Waals surface area contributed by atoms with Crippen LogP contribution in [0.3, 0.4) is 0 Å². The molecule has 3 atom stereocenters. The molecule has 0 saturated carbocycles. The normalized spacial score (nSPS) is 22.3. The van der Waals surface area contributed by atoms with Gasteiger partial charge in [-0.2, -0.15) is 5.10 Å². The zero-order valence-corrected chi connectivity index (χ0v) is 19.8. The predicted molar refractivity (Wildman–Crippen MR) is 134 cm³/mol. The van der Waals surface area contributed by atoms with Crippen LogP contribution in [0.5, 0.6) is 11.5 Å². The van der Waals surface area contributed by atoms with Crippen LogP contribution in [0, 0.1) is 0 Å². The van der Waals surface area contributed by atoms with Crippen molar-refractivity contribution in [3.05, 3.63) is 95.6 Å². The Labute approximate surface area is 211 Å². The molecule has 3 aromatic rings. The Morgan fingerprint density at radius 3 is 2.53 bits per heavy atom. The lowest BCUT2D eigenvalue weighted by atomic mass is 9.96. The Morgan fingerprint density at radius 1 is 1.03 bits per heavy atom. The van der Waals surface area contributed by atoms with Gasteiger partial charge in [0, 0.05) is 17.5 Å². The van der Waals surface area contributed by atoms with Crippen molar-refractivity contribution < 1.29 is 23.9 Å². The first kappa shape index (κ1) is 22.4. The average Bonchev–Trinajstić information content (AvgIpc) is 3.47. The molecular formula is C27H21N3O5S. The topological polar surface area (TPSA) is 97.3 Å². The number of ether oxygens (including phenoxy) is 2. The van der Waals surface area contributed by atoms with E-state index in [4.69, 9.17) is 14.6 Å². The first-order chi connectivity index (χ1) is 17.5. The fourth-order valence-corrected chi connectivity index (χ4v) is 5.42. The second-order valence-corrected chi connectivity index (χ2v) is 9.83. The van der Waals surface area contributed by atoms with E-state index in [9.17, 15) is 14.4 Å². The highest BCUT2D eigenvalue weighted by Gasteiger charge is 2.41. The summed E-state index contributed by atoms with van der Waals surface area (Å²) in [5.74, 6) is 0.124. The fourth-order valence-electron chi connectivity index (χ4n) is 4.61. The molecule has 3 heterocycles. The van der Waals surface area contributed by atoms with Crippen molar-refractivity contribution in [3.63, 3.8) is 0 Å². The lowest BCUT2D eigenvalue weighted by Gasteiger charge is -2.38. The monoisotopic (exact) mass is 499 g/mol. The number of benzene rings is 3. The summed E-state index contributed by atoms with van der Waals surface area (Å²) in [7, 11) is 0. The number of fused-ring (bicyclic) bond motifs is 3. The van der Waals surface area contributed by atoms with Crippen molar-refractivity contribution in [1.82, 2.24) is 10.3 Å². The van der Waals surface area contributed by atoms with Gasteiger partial charge in [-0.05, 0) is 35.9 Å². The number of hydrogen-bond donors (Lipinski definition) is 1. The minimum Gasteiger partial charge on any atom is -0.464 e. The summed E-state index contributed by atoms with van der Waals surface area (Å²) < 4.78 is 11.8. The van der Waals surface area contributed by atoms with Crippen LogP contribution >= 0.6 is 11.8 Å². The van der Waals surface area contributed by atoms with E-state index >= 15 is 0 Å². The summed E-state index contributed by atoms with van der Waals surface area (Å²) in [6.07, 6.45) is 0.144. The Kier molecular flexibility index (Phi) is 5.69. The number of rotatable bonds is 5. The van der Waals surface area contributed by atoms with E-state index in [1.54, 1.807) is 12.1 Å². The Bertz CT molecular complexity index is 1380. The molecule has 180 valence electrons. The van der Waals surface area contributed by atoms with E-state index in [1.165, 1.54) is 0 Å². The molecule has 1 saturated heterocycles. The van der Waals surface area contributed by atoms with Crippen LogP contribution < -0.4 is 14.8 Å². The third kappa shape index (κ3) is 4.22. The van der Waals surface area contributed by atoms with E-state index in [-0.39, 0.29) is 12.5 Å². The zero-order chi connectivity index (χ0) is 24.6. The molecule has 9 heteroatoms. The summed E-state index contributed by atoms with van der Waals surface area (Å²) in [4.78, 5) is 35.3. The van der Waals surface area contributed by atoms with Crippen LogP contribution in [0.4, 0.5) is 4.79 Å². The number of para-hydroxylation sites is 1. The molecule has 8 nitrogen and oxygen atoms in total. The molecule has 0 aromatic heterocycles. The lowest BCUT2D eigenvalue weighted by Crippen LogP contribution is -2.33. The minimum atomic E-state index is -0.760. The van der Waals surface area contributed by atoms with Gasteiger partial charge in [0.05, 0.1) is 18.2 Å². The van der Waals surface area contributed by atoms with Crippen LogP contribution in [-0.2, 0) is 9.59 Å². The highest BCUT2D eigenvalue weighted by atomic mass is 32.2. The predicted octanol–water partition coefficient (Wildman–Crippen LogP) is 4.58. The van der Waals surface area contributed by atoms with E-state index in [0.717, 1.165) is 46.3 Å². The van der Waals surface area contributed by atoms with Crippen LogP contribution in [0.25, 0.3) is 0 Å². The summed E-state index contributed by atoms with van der Waals surface area (Å²) in [6, 6.07) is 25.2. The number of esters is 1. The number of thioether (sulfide) groups is 1. The van der Waals surface area contributed by atoms with Gasteiger partial charge in [-0.1, -0.05) is 60.3 Å². The quantitative estimate of drug-likeness (QED) is 0.406. The molecule has 0 bridgehead atoms. The number of amides is 2. The van der Waals surface area contributed by atoms with Gasteiger partial charge < -0.3 is 9.47 Å². The average molecular weight is 500 g/mol. The van der Waals surface area contributed by atoms with Crippen LogP contribution in [0.15, 0.2) is 84.0 Å². The highest BCUT2D eigenvalue weighted by molar-refractivity contribution is 8.15. The van der Waals surface area contributed by atoms with Gasteiger partial charge in [0.2, 0.25) is 12.1 Å². The number of carbonyl (C=O) groups is 3. The molecule has 0 spiro atoms. The van der Waals surface area contributed by atoms with Crippen molar-refractivity contribution in [1.29, 1.82) is 0 Å². The maximum atomic E-state index is 12.3.